The highest BCUT2D eigenvalue weighted by Crippen LogP contribution is 2.28. The molecule has 3 nitrogen and oxygen atoms in total. The normalized spacial score (nSPS) is 27.2. The van der Waals surface area contributed by atoms with Crippen LogP contribution in [0, 0.1) is 5.92 Å². The van der Waals surface area contributed by atoms with E-state index in [0.29, 0.717) is 5.90 Å². The summed E-state index contributed by atoms with van der Waals surface area (Å²) in [5.74, 6) is 0.789. The summed E-state index contributed by atoms with van der Waals surface area (Å²) in [4.78, 5) is 16.0. The van der Waals surface area contributed by atoms with Crippen LogP contribution in [0.5, 0.6) is 0 Å². The predicted molar refractivity (Wildman–Crippen MR) is 61.1 cm³/mol. The number of aliphatic imine (C=N–C) groups is 1. The summed E-state index contributed by atoms with van der Waals surface area (Å²) >= 11 is 0. The lowest BCUT2D eigenvalue weighted by molar-refractivity contribution is -0.119. The predicted octanol–water partition coefficient (Wildman–Crippen LogP) is 2.37. The first-order valence-electron chi connectivity index (χ1n) is 5.43. The summed E-state index contributed by atoms with van der Waals surface area (Å²) < 4.78 is 5.03. The molecule has 1 aliphatic rings. The van der Waals surface area contributed by atoms with Crippen LogP contribution in [0.1, 0.15) is 32.6 Å². The highest BCUT2D eigenvalue weighted by molar-refractivity contribution is 5.92. The molecule has 0 radical (unpaired) electrons. The molecule has 0 aromatic rings. The van der Waals surface area contributed by atoms with Gasteiger partial charge in [0.15, 0.2) is 11.7 Å². The Morgan fingerprint density at radius 2 is 2.13 bits per heavy atom. The fourth-order valence-corrected chi connectivity index (χ4v) is 2.04. The van der Waals surface area contributed by atoms with E-state index < -0.39 is 0 Å². The summed E-state index contributed by atoms with van der Waals surface area (Å²) in [6, 6.07) is 0.0872. The minimum Gasteiger partial charge on any atom is -0.484 e. The van der Waals surface area contributed by atoms with Crippen LogP contribution in [0.4, 0.5) is 0 Å². The molecule has 1 rings (SSSR count). The molecule has 84 valence electrons. The van der Waals surface area contributed by atoms with E-state index in [9.17, 15) is 4.79 Å². The van der Waals surface area contributed by atoms with Gasteiger partial charge in [0.1, 0.15) is 0 Å². The van der Waals surface area contributed by atoms with Gasteiger partial charge in [0.05, 0.1) is 13.2 Å². The zero-order valence-corrected chi connectivity index (χ0v) is 9.53. The summed E-state index contributed by atoms with van der Waals surface area (Å²) in [7, 11) is 1.60. The first kappa shape index (κ1) is 12.0. The van der Waals surface area contributed by atoms with Crippen LogP contribution in [0.15, 0.2) is 17.6 Å². The minimum atomic E-state index is 0.0151. The molecule has 3 heteroatoms. The molecule has 2 atom stereocenters. The Bertz CT molecular complexity index is 271. The number of methoxy groups -OCH3 is 1. The molecule has 1 saturated carbocycles. The molecular formula is C12H19NO2. The van der Waals surface area contributed by atoms with E-state index >= 15 is 0 Å². The summed E-state index contributed by atoms with van der Waals surface area (Å²) in [6.07, 6.45) is 5.58. The number of hydrogen-bond acceptors (Lipinski definition) is 3. The van der Waals surface area contributed by atoms with Crippen molar-refractivity contribution in [2.45, 2.75) is 38.6 Å². The van der Waals surface area contributed by atoms with Gasteiger partial charge in [0, 0.05) is 12.8 Å². The number of hydrogen-bond donors (Lipinski definition) is 0. The molecule has 0 amide bonds. The molecule has 0 spiro atoms. The second-order valence-corrected chi connectivity index (χ2v) is 3.92. The van der Waals surface area contributed by atoms with Gasteiger partial charge in [-0.1, -0.05) is 19.4 Å². The Morgan fingerprint density at radius 1 is 1.47 bits per heavy atom. The third-order valence-corrected chi connectivity index (χ3v) is 2.94. The lowest BCUT2D eigenvalue weighted by Gasteiger charge is -2.26. The number of ether oxygens (including phenoxy) is 1. The fourth-order valence-electron chi connectivity index (χ4n) is 2.04. The molecule has 2 unspecified atom stereocenters. The highest BCUT2D eigenvalue weighted by atomic mass is 16.5. The van der Waals surface area contributed by atoms with Crippen LogP contribution in [-0.4, -0.2) is 24.8 Å². The quantitative estimate of drug-likeness (QED) is 0.406. The van der Waals surface area contributed by atoms with Crippen LogP contribution < -0.4 is 0 Å². The van der Waals surface area contributed by atoms with Crippen LogP contribution >= 0.6 is 0 Å². The number of carbonyl (C=O) groups is 1. The first-order chi connectivity index (χ1) is 7.19. The number of carbonyl (C=O) groups excluding carboxylic acids is 1. The molecule has 1 aliphatic carbocycles. The number of nitrogens with zero attached hydrogens (tertiary/aromatic N) is 1. The second kappa shape index (κ2) is 5.69. The van der Waals surface area contributed by atoms with Crippen molar-refractivity contribution in [1.29, 1.82) is 0 Å². The molecule has 0 saturated heterocycles. The van der Waals surface area contributed by atoms with Gasteiger partial charge < -0.3 is 4.74 Å². The molecule has 0 aliphatic heterocycles. The fraction of sp³-hybridized carbons (Fsp3) is 0.667. The Hall–Kier alpha value is -1.12. The Morgan fingerprint density at radius 3 is 2.73 bits per heavy atom. The maximum atomic E-state index is 11.6. The van der Waals surface area contributed by atoms with E-state index in [2.05, 4.69) is 11.6 Å². The van der Waals surface area contributed by atoms with Crippen molar-refractivity contribution < 1.29 is 9.53 Å². The average Bonchev–Trinajstić information content (AvgIpc) is 2.28. The van der Waals surface area contributed by atoms with Crippen LogP contribution in [0.3, 0.4) is 0 Å². The standard InChI is InChI=1S/C12H19NO2/c1-4-12(14)10-7-5-6-8-11(10)13-9(2)15-3/h4,10-11H,1,5-8H2,2-3H3. The smallest absolute Gasteiger partial charge is 0.179 e. The van der Waals surface area contributed by atoms with Crippen LogP contribution in [-0.2, 0) is 9.53 Å². The molecule has 0 bridgehead atoms. The average molecular weight is 209 g/mol. The largest absolute Gasteiger partial charge is 0.484 e. The Kier molecular flexibility index (Phi) is 4.53. The molecular weight excluding hydrogens is 190 g/mol. The number of rotatable bonds is 3. The number of allylic oxidation sites excluding steroid dienone is 1. The van der Waals surface area contributed by atoms with Crippen molar-refractivity contribution in [2.24, 2.45) is 10.9 Å². The molecule has 0 N–H and O–H groups in total. The van der Waals surface area contributed by atoms with Gasteiger partial charge in [-0.05, 0) is 18.9 Å². The van der Waals surface area contributed by atoms with Gasteiger partial charge in [-0.3, -0.25) is 9.79 Å². The van der Waals surface area contributed by atoms with Crippen molar-refractivity contribution in [1.82, 2.24) is 0 Å². The first-order valence-corrected chi connectivity index (χ1v) is 5.43. The zero-order chi connectivity index (χ0) is 11.3. The lowest BCUT2D eigenvalue weighted by atomic mass is 9.82. The molecule has 0 heterocycles. The van der Waals surface area contributed by atoms with Crippen molar-refractivity contribution in [3.63, 3.8) is 0 Å². The summed E-state index contributed by atoms with van der Waals surface area (Å²) in [5.41, 5.74) is 0. The van der Waals surface area contributed by atoms with E-state index in [0.717, 1.165) is 25.7 Å². The minimum absolute atomic E-state index is 0.0151. The van der Waals surface area contributed by atoms with Gasteiger partial charge in [0.25, 0.3) is 0 Å². The zero-order valence-electron chi connectivity index (χ0n) is 9.53. The van der Waals surface area contributed by atoms with Gasteiger partial charge in [0.2, 0.25) is 0 Å². The van der Waals surface area contributed by atoms with Crippen molar-refractivity contribution >= 4 is 11.7 Å². The van der Waals surface area contributed by atoms with Gasteiger partial charge in [-0.25, -0.2) is 0 Å². The van der Waals surface area contributed by atoms with E-state index in [4.69, 9.17) is 4.74 Å². The monoisotopic (exact) mass is 209 g/mol. The highest BCUT2D eigenvalue weighted by Gasteiger charge is 2.29. The van der Waals surface area contributed by atoms with Crippen molar-refractivity contribution in [3.8, 4) is 0 Å². The molecule has 0 aromatic carbocycles. The van der Waals surface area contributed by atoms with E-state index in [-0.39, 0.29) is 17.7 Å². The SMILES string of the molecule is C=CC(=O)C1CCCCC1N=C(C)OC. The maximum absolute atomic E-state index is 11.6. The van der Waals surface area contributed by atoms with Gasteiger partial charge >= 0.3 is 0 Å². The van der Waals surface area contributed by atoms with E-state index in [1.54, 1.807) is 7.11 Å². The van der Waals surface area contributed by atoms with Crippen molar-refractivity contribution in [3.05, 3.63) is 12.7 Å². The van der Waals surface area contributed by atoms with Gasteiger partial charge in [-0.2, -0.15) is 0 Å². The summed E-state index contributed by atoms with van der Waals surface area (Å²) in [5, 5.41) is 0. The maximum Gasteiger partial charge on any atom is 0.179 e. The topological polar surface area (TPSA) is 38.7 Å². The van der Waals surface area contributed by atoms with Crippen LogP contribution in [0.2, 0.25) is 0 Å². The molecule has 0 aromatic heterocycles. The third-order valence-electron chi connectivity index (χ3n) is 2.94. The lowest BCUT2D eigenvalue weighted by Crippen LogP contribution is -2.30. The van der Waals surface area contributed by atoms with E-state index in [1.807, 2.05) is 6.92 Å². The Balaban J connectivity index is 2.73. The van der Waals surface area contributed by atoms with E-state index in [1.165, 1.54) is 6.08 Å². The van der Waals surface area contributed by atoms with Crippen LogP contribution in [0.25, 0.3) is 0 Å². The van der Waals surface area contributed by atoms with Crippen molar-refractivity contribution in [2.75, 3.05) is 7.11 Å². The molecule has 1 fully saturated rings. The summed E-state index contributed by atoms with van der Waals surface area (Å²) in [6.45, 7) is 5.36. The third kappa shape index (κ3) is 3.18. The second-order valence-electron chi connectivity index (χ2n) is 3.92. The number of ketones is 1. The van der Waals surface area contributed by atoms with Gasteiger partial charge in [-0.15, -0.1) is 0 Å². The Labute approximate surface area is 91.2 Å². The molecule has 15 heavy (non-hydrogen) atoms.